The predicted molar refractivity (Wildman–Crippen MR) is 80.1 cm³/mol. The van der Waals surface area contributed by atoms with Crippen molar-refractivity contribution in [1.82, 2.24) is 4.90 Å². The van der Waals surface area contributed by atoms with Gasteiger partial charge in [-0.3, -0.25) is 4.90 Å². The molecule has 0 radical (unpaired) electrons. The molecule has 0 saturated carbocycles. The van der Waals surface area contributed by atoms with Crippen LogP contribution in [0.2, 0.25) is 0 Å². The molecule has 0 aromatic heterocycles. The van der Waals surface area contributed by atoms with Crippen molar-refractivity contribution in [1.29, 1.82) is 0 Å². The number of hydrogen-bond acceptors (Lipinski definition) is 2. The lowest BCUT2D eigenvalue weighted by molar-refractivity contribution is 0.0770. The Bertz CT molecular complexity index is 404. The first-order valence-electron chi connectivity index (χ1n) is 7.57. The zero-order valence-corrected chi connectivity index (χ0v) is 12.4. The SMILES string of the molecule is CCCC(C)(CO)CN1CCCc2ccccc2C1. The van der Waals surface area contributed by atoms with Crippen LogP contribution >= 0.6 is 0 Å². The number of hydrogen-bond donors (Lipinski definition) is 1. The Kier molecular flexibility index (Phi) is 5.00. The fourth-order valence-corrected chi connectivity index (χ4v) is 3.26. The van der Waals surface area contributed by atoms with Gasteiger partial charge in [-0.15, -0.1) is 0 Å². The van der Waals surface area contributed by atoms with Crippen LogP contribution in [0, 0.1) is 5.41 Å². The number of nitrogens with zero attached hydrogens (tertiary/aromatic N) is 1. The molecule has 1 unspecified atom stereocenters. The second-order valence-electron chi connectivity index (χ2n) is 6.30. The van der Waals surface area contributed by atoms with Crippen molar-refractivity contribution in [3.8, 4) is 0 Å². The third-order valence-electron chi connectivity index (χ3n) is 4.27. The summed E-state index contributed by atoms with van der Waals surface area (Å²) in [5.74, 6) is 0. The number of aryl methyl sites for hydroxylation is 1. The fraction of sp³-hybridized carbons (Fsp3) is 0.647. The average Bonchev–Trinajstić information content (AvgIpc) is 2.60. The molecule has 2 rings (SSSR count). The second-order valence-corrected chi connectivity index (χ2v) is 6.30. The van der Waals surface area contributed by atoms with Gasteiger partial charge >= 0.3 is 0 Å². The minimum absolute atomic E-state index is 0.0496. The van der Waals surface area contributed by atoms with Crippen molar-refractivity contribution in [3.63, 3.8) is 0 Å². The Morgan fingerprint density at radius 1 is 1.26 bits per heavy atom. The zero-order chi connectivity index (χ0) is 13.7. The van der Waals surface area contributed by atoms with Gasteiger partial charge in [-0.2, -0.15) is 0 Å². The van der Waals surface area contributed by atoms with E-state index in [2.05, 4.69) is 43.0 Å². The van der Waals surface area contributed by atoms with Crippen LogP contribution in [0.5, 0.6) is 0 Å². The van der Waals surface area contributed by atoms with Crippen molar-refractivity contribution in [2.24, 2.45) is 5.41 Å². The number of aliphatic hydroxyl groups is 1. The summed E-state index contributed by atoms with van der Waals surface area (Å²) in [4.78, 5) is 2.53. The van der Waals surface area contributed by atoms with Gasteiger partial charge in [-0.25, -0.2) is 0 Å². The zero-order valence-electron chi connectivity index (χ0n) is 12.4. The highest BCUT2D eigenvalue weighted by molar-refractivity contribution is 5.28. The molecule has 0 spiro atoms. The van der Waals surface area contributed by atoms with E-state index in [0.29, 0.717) is 6.61 Å². The summed E-state index contributed by atoms with van der Waals surface area (Å²) in [6.45, 7) is 7.90. The summed E-state index contributed by atoms with van der Waals surface area (Å²) in [5.41, 5.74) is 3.02. The molecule has 1 aliphatic heterocycles. The molecule has 2 heteroatoms. The highest BCUT2D eigenvalue weighted by Gasteiger charge is 2.26. The van der Waals surface area contributed by atoms with Gasteiger partial charge in [0.25, 0.3) is 0 Å². The Hall–Kier alpha value is -0.860. The molecular weight excluding hydrogens is 234 g/mol. The highest BCUT2D eigenvalue weighted by atomic mass is 16.3. The molecule has 0 fully saturated rings. The number of benzene rings is 1. The topological polar surface area (TPSA) is 23.5 Å². The summed E-state index contributed by atoms with van der Waals surface area (Å²) in [5, 5.41) is 9.69. The van der Waals surface area contributed by atoms with Gasteiger partial charge in [0.15, 0.2) is 0 Å². The third-order valence-corrected chi connectivity index (χ3v) is 4.27. The second kappa shape index (κ2) is 6.53. The number of fused-ring (bicyclic) bond motifs is 1. The minimum Gasteiger partial charge on any atom is -0.396 e. The summed E-state index contributed by atoms with van der Waals surface area (Å²) in [7, 11) is 0. The Morgan fingerprint density at radius 3 is 2.68 bits per heavy atom. The summed E-state index contributed by atoms with van der Waals surface area (Å²) in [6, 6.07) is 8.79. The van der Waals surface area contributed by atoms with Crippen LogP contribution in [0.25, 0.3) is 0 Å². The molecule has 106 valence electrons. The van der Waals surface area contributed by atoms with Crippen LogP contribution in [-0.4, -0.2) is 29.7 Å². The molecule has 19 heavy (non-hydrogen) atoms. The smallest absolute Gasteiger partial charge is 0.0497 e. The van der Waals surface area contributed by atoms with Gasteiger partial charge in [0.05, 0.1) is 0 Å². The van der Waals surface area contributed by atoms with Gasteiger partial charge in [-0.05, 0) is 36.9 Å². The van der Waals surface area contributed by atoms with E-state index in [-0.39, 0.29) is 5.41 Å². The highest BCUT2D eigenvalue weighted by Crippen LogP contribution is 2.27. The maximum Gasteiger partial charge on any atom is 0.0497 e. The monoisotopic (exact) mass is 261 g/mol. The maximum atomic E-state index is 9.69. The van der Waals surface area contributed by atoms with Gasteiger partial charge in [0.1, 0.15) is 0 Å². The molecule has 0 bridgehead atoms. The molecule has 1 N–H and O–H groups in total. The largest absolute Gasteiger partial charge is 0.396 e. The van der Waals surface area contributed by atoms with E-state index in [1.165, 1.54) is 24.0 Å². The van der Waals surface area contributed by atoms with E-state index in [4.69, 9.17) is 0 Å². The molecule has 2 nitrogen and oxygen atoms in total. The van der Waals surface area contributed by atoms with Gasteiger partial charge in [0.2, 0.25) is 0 Å². The van der Waals surface area contributed by atoms with Crippen LogP contribution in [0.15, 0.2) is 24.3 Å². The summed E-state index contributed by atoms with van der Waals surface area (Å²) >= 11 is 0. The van der Waals surface area contributed by atoms with E-state index < -0.39 is 0 Å². The molecule has 1 aliphatic rings. The van der Waals surface area contributed by atoms with Crippen molar-refractivity contribution in [3.05, 3.63) is 35.4 Å². The maximum absolute atomic E-state index is 9.69. The van der Waals surface area contributed by atoms with Crippen LogP contribution in [0.1, 0.15) is 44.2 Å². The number of aliphatic hydroxyl groups excluding tert-OH is 1. The molecule has 1 aromatic carbocycles. The average molecular weight is 261 g/mol. The standard InChI is InChI=1S/C17H27NO/c1-3-10-17(2,14-19)13-18-11-6-9-15-7-4-5-8-16(15)12-18/h4-5,7-8,19H,3,6,9-14H2,1-2H3. The first kappa shape index (κ1) is 14.5. The molecule has 0 aliphatic carbocycles. The van der Waals surface area contributed by atoms with Crippen molar-refractivity contribution in [2.45, 2.75) is 46.1 Å². The quantitative estimate of drug-likeness (QED) is 0.879. The molecule has 1 atom stereocenters. The van der Waals surface area contributed by atoms with Crippen molar-refractivity contribution in [2.75, 3.05) is 19.7 Å². The Morgan fingerprint density at radius 2 is 2.00 bits per heavy atom. The predicted octanol–water partition coefficient (Wildman–Crippen LogP) is 3.23. The van der Waals surface area contributed by atoms with E-state index in [0.717, 1.165) is 32.5 Å². The van der Waals surface area contributed by atoms with Crippen molar-refractivity contribution < 1.29 is 5.11 Å². The van der Waals surface area contributed by atoms with Crippen molar-refractivity contribution >= 4 is 0 Å². The van der Waals surface area contributed by atoms with Crippen LogP contribution in [0.3, 0.4) is 0 Å². The minimum atomic E-state index is 0.0496. The third kappa shape index (κ3) is 3.80. The van der Waals surface area contributed by atoms with Gasteiger partial charge < -0.3 is 5.11 Å². The number of rotatable bonds is 5. The summed E-state index contributed by atoms with van der Waals surface area (Å²) < 4.78 is 0. The molecular formula is C17H27NO. The Labute approximate surface area is 117 Å². The molecule has 0 amide bonds. The van der Waals surface area contributed by atoms with Crippen LogP contribution in [0.4, 0.5) is 0 Å². The lowest BCUT2D eigenvalue weighted by Crippen LogP contribution is -2.38. The summed E-state index contributed by atoms with van der Waals surface area (Å²) in [6.07, 6.45) is 4.66. The Balaban J connectivity index is 2.06. The lowest BCUT2D eigenvalue weighted by Gasteiger charge is -2.33. The molecule has 1 aromatic rings. The fourth-order valence-electron chi connectivity index (χ4n) is 3.26. The lowest BCUT2D eigenvalue weighted by atomic mass is 9.86. The van der Waals surface area contributed by atoms with E-state index in [1.54, 1.807) is 0 Å². The molecule has 1 heterocycles. The first-order valence-corrected chi connectivity index (χ1v) is 7.57. The van der Waals surface area contributed by atoms with Crippen LogP contribution < -0.4 is 0 Å². The molecule has 0 saturated heterocycles. The first-order chi connectivity index (χ1) is 9.17. The van der Waals surface area contributed by atoms with Crippen LogP contribution in [-0.2, 0) is 13.0 Å². The van der Waals surface area contributed by atoms with E-state index in [9.17, 15) is 5.11 Å². The van der Waals surface area contributed by atoms with Gasteiger partial charge in [-0.1, -0.05) is 44.5 Å². The normalized spacial score (nSPS) is 19.5. The van der Waals surface area contributed by atoms with E-state index in [1.807, 2.05) is 0 Å². The van der Waals surface area contributed by atoms with E-state index >= 15 is 0 Å². The van der Waals surface area contributed by atoms with Gasteiger partial charge in [0, 0.05) is 25.1 Å².